The van der Waals surface area contributed by atoms with E-state index in [9.17, 15) is 14.7 Å². The van der Waals surface area contributed by atoms with Crippen molar-refractivity contribution in [1.29, 1.82) is 0 Å². The summed E-state index contributed by atoms with van der Waals surface area (Å²) < 4.78 is 10.5. The first-order valence-electron chi connectivity index (χ1n) is 8.26. The maximum atomic E-state index is 12.3. The lowest BCUT2D eigenvalue weighted by Crippen LogP contribution is -2.47. The van der Waals surface area contributed by atoms with Crippen molar-refractivity contribution in [1.82, 2.24) is 10.2 Å². The van der Waals surface area contributed by atoms with Crippen molar-refractivity contribution in [3.05, 3.63) is 71.8 Å². The van der Waals surface area contributed by atoms with Gasteiger partial charge in [0.15, 0.2) is 6.35 Å². The smallest absolute Gasteiger partial charge is 0.414 e. The van der Waals surface area contributed by atoms with E-state index >= 15 is 0 Å². The molecule has 136 valence electrons. The average molecular weight is 356 g/mol. The zero-order valence-corrected chi connectivity index (χ0v) is 14.1. The van der Waals surface area contributed by atoms with Crippen LogP contribution in [0.3, 0.4) is 0 Å². The molecule has 0 aromatic heterocycles. The van der Waals surface area contributed by atoms with Crippen molar-refractivity contribution < 1.29 is 24.2 Å². The van der Waals surface area contributed by atoms with Crippen LogP contribution in [0.1, 0.15) is 11.1 Å². The largest absolute Gasteiger partial charge is 0.459 e. The molecule has 1 fully saturated rings. The molecule has 1 unspecified atom stereocenters. The molecule has 2 atom stereocenters. The highest BCUT2D eigenvalue weighted by Crippen LogP contribution is 2.15. The van der Waals surface area contributed by atoms with Crippen LogP contribution in [0.5, 0.6) is 0 Å². The summed E-state index contributed by atoms with van der Waals surface area (Å²) in [5, 5.41) is 12.6. The fourth-order valence-electron chi connectivity index (χ4n) is 2.63. The Labute approximate surface area is 151 Å². The number of carbonyl (C=O) groups excluding carboxylic acids is 2. The number of benzene rings is 2. The molecule has 1 heterocycles. The summed E-state index contributed by atoms with van der Waals surface area (Å²) >= 11 is 0. The molecule has 3 rings (SSSR count). The summed E-state index contributed by atoms with van der Waals surface area (Å²) in [4.78, 5) is 25.6. The van der Waals surface area contributed by atoms with Crippen LogP contribution in [-0.2, 0) is 27.5 Å². The first kappa shape index (κ1) is 17.9. The fraction of sp³-hybridized carbons (Fsp3) is 0.263. The molecule has 0 bridgehead atoms. The third-order valence-corrected chi connectivity index (χ3v) is 4.00. The van der Waals surface area contributed by atoms with Crippen molar-refractivity contribution in [2.75, 3.05) is 6.54 Å². The molecular weight excluding hydrogens is 336 g/mol. The average Bonchev–Trinajstić information content (AvgIpc) is 3.07. The lowest BCUT2D eigenvalue weighted by atomic mass is 10.2. The minimum Gasteiger partial charge on any atom is -0.459 e. The van der Waals surface area contributed by atoms with Gasteiger partial charge < -0.3 is 14.6 Å². The van der Waals surface area contributed by atoms with Gasteiger partial charge in [0.1, 0.15) is 19.3 Å². The maximum Gasteiger partial charge on any atom is 0.414 e. The van der Waals surface area contributed by atoms with Gasteiger partial charge in [-0.15, -0.1) is 0 Å². The third-order valence-electron chi connectivity index (χ3n) is 4.00. The molecule has 26 heavy (non-hydrogen) atoms. The van der Waals surface area contributed by atoms with E-state index in [2.05, 4.69) is 5.32 Å². The van der Waals surface area contributed by atoms with E-state index in [0.717, 1.165) is 16.0 Å². The summed E-state index contributed by atoms with van der Waals surface area (Å²) in [7, 11) is 0. The summed E-state index contributed by atoms with van der Waals surface area (Å²) in [6, 6.07) is 17.4. The number of carbonyl (C=O) groups is 2. The number of aliphatic hydroxyl groups excluding tert-OH is 1. The minimum atomic E-state index is -1.30. The lowest BCUT2D eigenvalue weighted by molar-refractivity contribution is -0.151. The van der Waals surface area contributed by atoms with Gasteiger partial charge in [0, 0.05) is 6.54 Å². The van der Waals surface area contributed by atoms with Gasteiger partial charge in [-0.05, 0) is 11.1 Å². The Morgan fingerprint density at radius 1 is 0.962 bits per heavy atom. The van der Waals surface area contributed by atoms with Crippen molar-refractivity contribution in [2.24, 2.45) is 0 Å². The summed E-state index contributed by atoms with van der Waals surface area (Å²) in [5.41, 5.74) is 1.65. The Morgan fingerprint density at radius 2 is 1.50 bits per heavy atom. The number of amides is 1. The van der Waals surface area contributed by atoms with Crippen LogP contribution in [0.25, 0.3) is 0 Å². The fourth-order valence-corrected chi connectivity index (χ4v) is 2.63. The van der Waals surface area contributed by atoms with Crippen molar-refractivity contribution in [2.45, 2.75) is 25.6 Å². The summed E-state index contributed by atoms with van der Waals surface area (Å²) in [6.07, 6.45) is -2.08. The van der Waals surface area contributed by atoms with Crippen molar-refractivity contribution >= 4 is 12.1 Å². The third kappa shape index (κ3) is 4.38. The zero-order chi connectivity index (χ0) is 18.4. The highest BCUT2D eigenvalue weighted by atomic mass is 16.6. The minimum absolute atomic E-state index is 0.0503. The van der Waals surface area contributed by atoms with E-state index in [4.69, 9.17) is 9.47 Å². The quantitative estimate of drug-likeness (QED) is 0.792. The second-order valence-corrected chi connectivity index (χ2v) is 5.84. The predicted molar refractivity (Wildman–Crippen MR) is 92.5 cm³/mol. The van der Waals surface area contributed by atoms with Crippen molar-refractivity contribution in [3.63, 3.8) is 0 Å². The number of aliphatic hydroxyl groups is 1. The van der Waals surface area contributed by atoms with Crippen LogP contribution >= 0.6 is 0 Å². The number of rotatable bonds is 5. The maximum absolute atomic E-state index is 12.3. The molecule has 2 aromatic rings. The van der Waals surface area contributed by atoms with E-state index in [1.807, 2.05) is 60.7 Å². The van der Waals surface area contributed by atoms with Crippen LogP contribution in [0.2, 0.25) is 0 Å². The molecule has 1 aliphatic rings. The Kier molecular flexibility index (Phi) is 5.83. The molecule has 0 spiro atoms. The van der Waals surface area contributed by atoms with Gasteiger partial charge in [0.2, 0.25) is 0 Å². The summed E-state index contributed by atoms with van der Waals surface area (Å²) in [6.45, 7) is 0.239. The second kappa shape index (κ2) is 8.46. The van der Waals surface area contributed by atoms with Crippen LogP contribution < -0.4 is 5.32 Å². The standard InChI is InChI=1S/C19H20N2O5/c22-17(25-12-14-7-3-1-4-8-14)16-11-20-18(23)21(16)19(24)26-13-15-9-5-2-6-10-15/h1-10,16,18,20,23H,11-13H2/t16-,18?/m0/s1. The van der Waals surface area contributed by atoms with E-state index in [-0.39, 0.29) is 19.8 Å². The molecule has 0 saturated carbocycles. The number of nitrogens with one attached hydrogen (secondary N) is 1. The highest BCUT2D eigenvalue weighted by molar-refractivity contribution is 5.82. The topological polar surface area (TPSA) is 88.1 Å². The Morgan fingerprint density at radius 3 is 2.08 bits per heavy atom. The van der Waals surface area contributed by atoms with Gasteiger partial charge in [0.25, 0.3) is 0 Å². The van der Waals surface area contributed by atoms with Gasteiger partial charge in [-0.25, -0.2) is 9.59 Å². The van der Waals surface area contributed by atoms with E-state index in [1.165, 1.54) is 0 Å². The van der Waals surface area contributed by atoms with Gasteiger partial charge >= 0.3 is 12.1 Å². The van der Waals surface area contributed by atoms with Gasteiger partial charge in [0.05, 0.1) is 0 Å². The first-order chi connectivity index (χ1) is 12.6. The zero-order valence-electron chi connectivity index (χ0n) is 14.1. The monoisotopic (exact) mass is 356 g/mol. The Balaban J connectivity index is 1.57. The lowest BCUT2D eigenvalue weighted by Gasteiger charge is -2.24. The molecule has 1 amide bonds. The molecule has 1 aliphatic heterocycles. The first-order valence-corrected chi connectivity index (χ1v) is 8.26. The second-order valence-electron chi connectivity index (χ2n) is 5.84. The van der Waals surface area contributed by atoms with Gasteiger partial charge in [-0.2, -0.15) is 0 Å². The number of ether oxygens (including phenoxy) is 2. The van der Waals surface area contributed by atoms with Crippen LogP contribution in [0, 0.1) is 0 Å². The molecule has 1 saturated heterocycles. The number of hydrogen-bond acceptors (Lipinski definition) is 6. The van der Waals surface area contributed by atoms with E-state index < -0.39 is 24.5 Å². The highest BCUT2D eigenvalue weighted by Gasteiger charge is 2.42. The number of nitrogens with zero attached hydrogens (tertiary/aromatic N) is 1. The normalized spacial score (nSPS) is 19.2. The molecule has 0 aliphatic carbocycles. The SMILES string of the molecule is O=C(OCc1ccccc1)[C@@H]1CNC(O)N1C(=O)OCc1ccccc1. The number of hydrogen-bond donors (Lipinski definition) is 2. The molecular formula is C19H20N2O5. The van der Waals surface area contributed by atoms with Crippen LogP contribution in [0.4, 0.5) is 4.79 Å². The van der Waals surface area contributed by atoms with Crippen LogP contribution in [0.15, 0.2) is 60.7 Å². The van der Waals surface area contributed by atoms with E-state index in [0.29, 0.717) is 0 Å². The van der Waals surface area contributed by atoms with Crippen molar-refractivity contribution in [3.8, 4) is 0 Å². The molecule has 7 heteroatoms. The molecule has 7 nitrogen and oxygen atoms in total. The molecule has 0 radical (unpaired) electrons. The molecule has 2 aromatic carbocycles. The van der Waals surface area contributed by atoms with Gasteiger partial charge in [-0.3, -0.25) is 10.2 Å². The Bertz CT molecular complexity index is 738. The number of esters is 1. The van der Waals surface area contributed by atoms with Crippen LogP contribution in [-0.4, -0.2) is 41.0 Å². The Hall–Kier alpha value is -2.90. The summed E-state index contributed by atoms with van der Waals surface area (Å²) in [5.74, 6) is -0.602. The predicted octanol–water partition coefficient (Wildman–Crippen LogP) is 1.62. The molecule has 2 N–H and O–H groups in total. The van der Waals surface area contributed by atoms with E-state index in [1.54, 1.807) is 0 Å². The van der Waals surface area contributed by atoms with Gasteiger partial charge in [-0.1, -0.05) is 60.7 Å².